The number of carbonyl (C=O) groups is 1. The largest absolute Gasteiger partial charge is 0.289 e. The maximum atomic E-state index is 13.1. The van der Waals surface area contributed by atoms with Gasteiger partial charge in [-0.25, -0.2) is 17.0 Å². The SMILES string of the molecule is CCS(=O)(=O)CCN(c1cc(Br)c(C(=O)c2ccc(F)cc2)cc1Cl)S(=O)O. The van der Waals surface area contributed by atoms with Gasteiger partial charge in [-0.05, 0) is 52.3 Å². The summed E-state index contributed by atoms with van der Waals surface area (Å²) in [6.45, 7) is 1.23. The summed E-state index contributed by atoms with van der Waals surface area (Å²) < 4.78 is 59.0. The van der Waals surface area contributed by atoms with E-state index in [1.807, 2.05) is 0 Å². The Balaban J connectivity index is 2.39. The molecule has 0 bridgehead atoms. The fourth-order valence-corrected chi connectivity index (χ4v) is 4.57. The molecule has 0 spiro atoms. The van der Waals surface area contributed by atoms with Crippen molar-refractivity contribution in [1.82, 2.24) is 0 Å². The number of nitrogens with zero attached hydrogens (tertiary/aromatic N) is 1. The highest BCUT2D eigenvalue weighted by Crippen LogP contribution is 2.34. The van der Waals surface area contributed by atoms with Gasteiger partial charge in [0.05, 0.1) is 16.5 Å². The fourth-order valence-electron chi connectivity index (χ4n) is 2.31. The summed E-state index contributed by atoms with van der Waals surface area (Å²) >= 11 is 6.92. The highest BCUT2D eigenvalue weighted by atomic mass is 79.9. The molecular weight excluding hydrogens is 497 g/mol. The molecule has 6 nitrogen and oxygen atoms in total. The Morgan fingerprint density at radius 2 is 1.89 bits per heavy atom. The third-order valence-corrected chi connectivity index (χ3v) is 7.29. The van der Waals surface area contributed by atoms with Crippen molar-refractivity contribution in [2.24, 2.45) is 0 Å². The second-order valence-corrected chi connectivity index (χ2v) is 10.3. The smallest absolute Gasteiger partial charge is 0.261 e. The second kappa shape index (κ2) is 9.45. The van der Waals surface area contributed by atoms with Gasteiger partial charge in [0, 0.05) is 27.9 Å². The van der Waals surface area contributed by atoms with E-state index in [0.717, 1.165) is 16.4 Å². The van der Waals surface area contributed by atoms with E-state index in [1.54, 1.807) is 0 Å². The van der Waals surface area contributed by atoms with Crippen LogP contribution in [0.15, 0.2) is 40.9 Å². The number of halogens is 3. The van der Waals surface area contributed by atoms with Crippen molar-refractivity contribution in [2.75, 3.05) is 22.4 Å². The lowest BCUT2D eigenvalue weighted by molar-refractivity contribution is 0.103. The quantitative estimate of drug-likeness (QED) is 0.428. The van der Waals surface area contributed by atoms with E-state index in [9.17, 15) is 26.4 Å². The Bertz CT molecular complexity index is 1010. The summed E-state index contributed by atoms with van der Waals surface area (Å²) in [6.07, 6.45) is 0. The monoisotopic (exact) mass is 511 g/mol. The number of benzene rings is 2. The average Bonchev–Trinajstić information content (AvgIpc) is 2.64. The third kappa shape index (κ3) is 5.60. The molecule has 0 aliphatic rings. The van der Waals surface area contributed by atoms with Crippen LogP contribution in [0.4, 0.5) is 10.1 Å². The number of sulfone groups is 1. The van der Waals surface area contributed by atoms with E-state index in [2.05, 4.69) is 15.9 Å². The summed E-state index contributed by atoms with van der Waals surface area (Å²) in [7, 11) is -3.37. The minimum atomic E-state index is -3.37. The van der Waals surface area contributed by atoms with Crippen LogP contribution in [0.2, 0.25) is 5.02 Å². The number of rotatable bonds is 8. The number of carbonyl (C=O) groups excluding carboxylic acids is 1. The Kier molecular flexibility index (Phi) is 7.74. The first-order valence-corrected chi connectivity index (χ1v) is 12.0. The Labute approximate surface area is 178 Å². The van der Waals surface area contributed by atoms with E-state index in [-0.39, 0.29) is 44.4 Å². The molecule has 2 rings (SSSR count). The molecule has 0 heterocycles. The summed E-state index contributed by atoms with van der Waals surface area (Å²) in [5.41, 5.74) is 0.504. The summed E-state index contributed by atoms with van der Waals surface area (Å²) in [5.74, 6) is -1.33. The van der Waals surface area contributed by atoms with E-state index in [1.165, 1.54) is 31.2 Å². The normalized spacial score (nSPS) is 12.6. The zero-order valence-corrected chi connectivity index (χ0v) is 18.5. The standard InChI is InChI=1S/C17H16BrClFNO5S2/c1-2-28(25,26)8-7-21(27(23)24)16-10-14(18)13(9-15(16)19)17(22)11-3-5-12(20)6-4-11/h3-6,9-10H,2,7-8H2,1H3,(H,23,24). The molecule has 0 saturated heterocycles. The number of anilines is 1. The van der Waals surface area contributed by atoms with Crippen molar-refractivity contribution in [1.29, 1.82) is 0 Å². The van der Waals surface area contributed by atoms with Gasteiger partial charge < -0.3 is 0 Å². The fraction of sp³-hybridized carbons (Fsp3) is 0.235. The molecule has 2 aromatic carbocycles. The average molecular weight is 513 g/mol. The Hall–Kier alpha value is -1.33. The lowest BCUT2D eigenvalue weighted by Gasteiger charge is -2.22. The predicted octanol–water partition coefficient (Wildman–Crippen LogP) is 3.85. The molecule has 0 aromatic heterocycles. The second-order valence-electron chi connectivity index (χ2n) is 5.69. The molecular formula is C17H16BrClFNO5S2. The van der Waals surface area contributed by atoms with Crippen molar-refractivity contribution in [3.63, 3.8) is 0 Å². The molecule has 0 radical (unpaired) electrons. The lowest BCUT2D eigenvalue weighted by Crippen LogP contribution is -2.31. The molecule has 1 unspecified atom stereocenters. The van der Waals surface area contributed by atoms with Crippen molar-refractivity contribution >= 4 is 60.1 Å². The zero-order valence-electron chi connectivity index (χ0n) is 14.6. The van der Waals surface area contributed by atoms with Crippen LogP contribution in [0.3, 0.4) is 0 Å². The van der Waals surface area contributed by atoms with Crippen molar-refractivity contribution in [2.45, 2.75) is 6.92 Å². The van der Waals surface area contributed by atoms with Gasteiger partial charge in [0.2, 0.25) is 0 Å². The molecule has 28 heavy (non-hydrogen) atoms. The Morgan fingerprint density at radius 3 is 2.43 bits per heavy atom. The Morgan fingerprint density at radius 1 is 1.29 bits per heavy atom. The highest BCUT2D eigenvalue weighted by molar-refractivity contribution is 9.10. The summed E-state index contributed by atoms with van der Waals surface area (Å²) in [5, 5.41) is -0.00930. The van der Waals surface area contributed by atoms with Gasteiger partial charge in [-0.2, -0.15) is 0 Å². The number of hydrogen-bond acceptors (Lipinski definition) is 4. The van der Waals surface area contributed by atoms with Gasteiger partial charge in [-0.3, -0.25) is 13.7 Å². The van der Waals surface area contributed by atoms with Crippen LogP contribution in [0.25, 0.3) is 0 Å². The lowest BCUT2D eigenvalue weighted by atomic mass is 10.0. The molecule has 0 saturated carbocycles. The summed E-state index contributed by atoms with van der Waals surface area (Å²) in [4.78, 5) is 12.6. The van der Waals surface area contributed by atoms with Crippen LogP contribution >= 0.6 is 27.5 Å². The molecule has 0 fully saturated rings. The van der Waals surface area contributed by atoms with E-state index in [4.69, 9.17) is 11.6 Å². The van der Waals surface area contributed by atoms with Gasteiger partial charge in [-0.1, -0.05) is 18.5 Å². The van der Waals surface area contributed by atoms with Crippen molar-refractivity contribution in [3.8, 4) is 0 Å². The van der Waals surface area contributed by atoms with Gasteiger partial charge in [-0.15, -0.1) is 0 Å². The third-order valence-electron chi connectivity index (χ3n) is 3.89. The van der Waals surface area contributed by atoms with Gasteiger partial charge in [0.25, 0.3) is 11.3 Å². The molecule has 1 N–H and O–H groups in total. The molecule has 152 valence electrons. The van der Waals surface area contributed by atoms with Crippen LogP contribution in [-0.4, -0.2) is 41.0 Å². The maximum absolute atomic E-state index is 13.1. The minimum absolute atomic E-state index is 0.00930. The first kappa shape index (κ1) is 23.0. The van der Waals surface area contributed by atoms with Crippen molar-refractivity contribution < 1.29 is 26.4 Å². The molecule has 11 heteroatoms. The van der Waals surface area contributed by atoms with Gasteiger partial charge in [0.1, 0.15) is 5.82 Å². The molecule has 0 aliphatic heterocycles. The van der Waals surface area contributed by atoms with Crippen LogP contribution in [-0.2, 0) is 21.1 Å². The van der Waals surface area contributed by atoms with Gasteiger partial charge >= 0.3 is 0 Å². The number of hydrogen-bond donors (Lipinski definition) is 1. The predicted molar refractivity (Wildman–Crippen MR) is 111 cm³/mol. The zero-order chi connectivity index (χ0) is 21.1. The van der Waals surface area contributed by atoms with Crippen LogP contribution in [0.1, 0.15) is 22.8 Å². The molecule has 2 aromatic rings. The molecule has 0 amide bonds. The van der Waals surface area contributed by atoms with Crippen molar-refractivity contribution in [3.05, 3.63) is 62.8 Å². The highest BCUT2D eigenvalue weighted by Gasteiger charge is 2.22. The molecule has 1 atom stereocenters. The summed E-state index contributed by atoms with van der Waals surface area (Å²) in [6, 6.07) is 7.64. The van der Waals surface area contributed by atoms with E-state index < -0.39 is 32.7 Å². The van der Waals surface area contributed by atoms with Crippen LogP contribution in [0.5, 0.6) is 0 Å². The first-order chi connectivity index (χ1) is 13.1. The maximum Gasteiger partial charge on any atom is 0.261 e. The van der Waals surface area contributed by atoms with Gasteiger partial charge in [0.15, 0.2) is 15.6 Å². The van der Waals surface area contributed by atoms with Crippen LogP contribution in [0, 0.1) is 5.82 Å². The van der Waals surface area contributed by atoms with E-state index >= 15 is 0 Å². The minimum Gasteiger partial charge on any atom is -0.289 e. The molecule has 0 aliphatic carbocycles. The topological polar surface area (TPSA) is 91.8 Å². The number of ketones is 1. The first-order valence-electron chi connectivity index (χ1n) is 7.94. The van der Waals surface area contributed by atoms with Crippen LogP contribution < -0.4 is 4.31 Å². The van der Waals surface area contributed by atoms with E-state index in [0.29, 0.717) is 0 Å².